The molecule has 9 aliphatic rings. The molecule has 0 spiro atoms. The highest BCUT2D eigenvalue weighted by Crippen LogP contribution is 2.56. The molecule has 0 saturated heterocycles. The lowest BCUT2D eigenvalue weighted by Gasteiger charge is -2.21. The Morgan fingerprint density at radius 1 is 0.136 bits per heavy atom. The SMILES string of the molecule is CC.CC.CC.CC.CC.CC.CC.CC.CC.CC.CC.CC.CC.CC.CC.c1ccc2c(c1)Cc1c-2ccc2c1Cc1ccc3c4cccc5c4n(c3c1-2)-c1ccccc1C5.c1ccc2c(c1)Cc1cc3c(cc1-2)-c1c(ccc2c4cccc5c4n(c12)-c1ccccc1C5)C3.c1ccc2c(c1)Cc1cc3c(cc1-2)Cc1ccc2c4cccc5c4n(c2c1-3)-c1ccccc1C5. The van der Waals surface area contributed by atoms with Crippen LogP contribution >= 0.6 is 0 Å². The minimum absolute atomic E-state index is 1.01. The van der Waals surface area contributed by atoms with Crippen LogP contribution in [0.2, 0.25) is 0 Å². The summed E-state index contributed by atoms with van der Waals surface area (Å²) in [5.74, 6) is 0. The van der Waals surface area contributed by atoms with Crippen LogP contribution in [0.25, 0.3) is 149 Å². The van der Waals surface area contributed by atoms with E-state index in [1.54, 1.807) is 11.1 Å². The van der Waals surface area contributed by atoms with Gasteiger partial charge in [0.15, 0.2) is 0 Å². The van der Waals surface area contributed by atoms with Gasteiger partial charge in [0.05, 0.1) is 33.1 Å². The molecule has 0 fully saturated rings. The lowest BCUT2D eigenvalue weighted by molar-refractivity contribution is 1.04. The largest absolute Gasteiger partial charge is 0.308 e. The van der Waals surface area contributed by atoms with Crippen molar-refractivity contribution in [1.29, 1.82) is 0 Å². The summed E-state index contributed by atoms with van der Waals surface area (Å²) >= 11 is 0. The van der Waals surface area contributed by atoms with Crippen molar-refractivity contribution in [3.8, 4) is 83.8 Å². The van der Waals surface area contributed by atoms with E-state index in [4.69, 9.17) is 0 Å². The third-order valence-electron chi connectivity index (χ3n) is 25.3. The third-order valence-corrected chi connectivity index (χ3v) is 25.3. The van der Waals surface area contributed by atoms with Crippen LogP contribution in [-0.4, -0.2) is 13.7 Å². The van der Waals surface area contributed by atoms with Crippen LogP contribution < -0.4 is 0 Å². The van der Waals surface area contributed by atoms with E-state index in [-0.39, 0.29) is 0 Å². The molecule has 15 aromatic carbocycles. The summed E-state index contributed by atoms with van der Waals surface area (Å²) in [4.78, 5) is 0. The lowest BCUT2D eigenvalue weighted by Crippen LogP contribution is -2.07. The number of hydrogen-bond acceptors (Lipinski definition) is 0. The van der Waals surface area contributed by atoms with Gasteiger partial charge >= 0.3 is 0 Å². The van der Waals surface area contributed by atoms with Crippen molar-refractivity contribution in [2.45, 2.75) is 265 Å². The fourth-order valence-electron chi connectivity index (χ4n) is 21.1. The quantitative estimate of drug-likeness (QED) is 0.144. The fourth-order valence-corrected chi connectivity index (χ4v) is 21.1. The first-order valence-electron chi connectivity index (χ1n) is 51.8. The van der Waals surface area contributed by atoms with E-state index in [9.17, 15) is 0 Å². The van der Waals surface area contributed by atoms with Gasteiger partial charge in [-0.3, -0.25) is 0 Å². The summed E-state index contributed by atoms with van der Waals surface area (Å²) in [6.45, 7) is 60.0. The van der Waals surface area contributed by atoms with Crippen molar-refractivity contribution in [3.63, 3.8) is 0 Å². The summed E-state index contributed by atoms with van der Waals surface area (Å²) < 4.78 is 7.73. The smallest absolute Gasteiger partial charge is 0.0622 e. The van der Waals surface area contributed by atoms with Crippen LogP contribution in [0.3, 0.4) is 0 Å². The lowest BCUT2D eigenvalue weighted by atomic mass is 9.96. The molecule has 18 aromatic rings. The molecule has 0 amide bonds. The molecule has 0 saturated carbocycles. The molecule has 0 bridgehead atoms. The molecule has 0 radical (unpaired) electrons. The van der Waals surface area contributed by atoms with Gasteiger partial charge in [-0.25, -0.2) is 0 Å². The Bertz CT molecular complexity index is 6820. The number of rotatable bonds is 0. The maximum Gasteiger partial charge on any atom is 0.0622 e. The Labute approximate surface area is 796 Å². The van der Waals surface area contributed by atoms with Crippen LogP contribution in [0.1, 0.15) is 308 Å². The van der Waals surface area contributed by atoms with Gasteiger partial charge in [0.2, 0.25) is 0 Å². The normalized spacial score (nSPS) is 11.6. The van der Waals surface area contributed by atoms with Gasteiger partial charge in [-0.1, -0.05) is 444 Å². The predicted octanol–water partition coefficient (Wildman–Crippen LogP) is 38.9. The summed E-state index contributed by atoms with van der Waals surface area (Å²) in [5.41, 5.74) is 55.9. The van der Waals surface area contributed by atoms with Gasteiger partial charge in [-0.2, -0.15) is 0 Å². The number of fused-ring (bicyclic) bond motifs is 37. The van der Waals surface area contributed by atoms with Crippen molar-refractivity contribution >= 4 is 65.4 Å². The second kappa shape index (κ2) is 47.7. The van der Waals surface area contributed by atoms with Gasteiger partial charge in [-0.15, -0.1) is 0 Å². The number of hydrogen-bond donors (Lipinski definition) is 0. The van der Waals surface area contributed by atoms with Crippen molar-refractivity contribution in [2.75, 3.05) is 0 Å². The van der Waals surface area contributed by atoms with E-state index >= 15 is 0 Å². The third kappa shape index (κ3) is 17.4. The molecule has 0 N–H and O–H groups in total. The molecule has 0 atom stereocenters. The second-order valence-electron chi connectivity index (χ2n) is 30.3. The molecule has 27 rings (SSSR count). The minimum atomic E-state index is 1.01. The zero-order chi connectivity index (χ0) is 95.9. The fraction of sp³-hybridized carbons (Fsp3) is 0.302. The van der Waals surface area contributed by atoms with Crippen molar-refractivity contribution < 1.29 is 0 Å². The van der Waals surface area contributed by atoms with E-state index in [0.29, 0.717) is 0 Å². The number of benzene rings is 15. The molecule has 6 aliphatic carbocycles. The van der Waals surface area contributed by atoms with Crippen LogP contribution in [0.15, 0.2) is 273 Å². The maximum atomic E-state index is 2.58. The Balaban J connectivity index is 0.000000180. The molecular weight excluding hydrogens is 1590 g/mol. The van der Waals surface area contributed by atoms with Gasteiger partial charge in [0, 0.05) is 85.3 Å². The highest BCUT2D eigenvalue weighted by Gasteiger charge is 2.36. The maximum absolute atomic E-state index is 2.58. The first kappa shape index (κ1) is 102. The van der Waals surface area contributed by atoms with Gasteiger partial charge in [0.25, 0.3) is 0 Å². The molecule has 3 aliphatic heterocycles. The number of para-hydroxylation sites is 6. The first-order valence-corrected chi connectivity index (χ1v) is 51.8. The van der Waals surface area contributed by atoms with E-state index < -0.39 is 0 Å². The Kier molecular flexibility index (Phi) is 36.8. The topological polar surface area (TPSA) is 14.8 Å². The molecule has 684 valence electrons. The average Bonchev–Trinajstić information content (AvgIpc) is 1.54. The summed E-state index contributed by atoms with van der Waals surface area (Å²) in [6, 6.07) is 103. The molecule has 3 nitrogen and oxygen atoms in total. The van der Waals surface area contributed by atoms with Crippen molar-refractivity contribution in [2.24, 2.45) is 0 Å². The first-order chi connectivity index (χ1) is 65.6. The van der Waals surface area contributed by atoms with Crippen LogP contribution in [0.5, 0.6) is 0 Å². The van der Waals surface area contributed by atoms with Gasteiger partial charge < -0.3 is 13.7 Å². The molecular formula is C129H153N3. The van der Waals surface area contributed by atoms with Gasteiger partial charge in [0.1, 0.15) is 0 Å². The van der Waals surface area contributed by atoms with E-state index in [1.165, 1.54) is 238 Å². The Morgan fingerprint density at radius 2 is 0.371 bits per heavy atom. The Morgan fingerprint density at radius 3 is 0.758 bits per heavy atom. The van der Waals surface area contributed by atoms with Crippen LogP contribution in [0.4, 0.5) is 0 Å². The zero-order valence-corrected chi connectivity index (χ0v) is 86.2. The summed E-state index contributed by atoms with van der Waals surface area (Å²) in [5, 5.41) is 8.28. The zero-order valence-electron chi connectivity index (χ0n) is 86.2. The molecule has 6 heterocycles. The highest BCUT2D eigenvalue weighted by molar-refractivity contribution is 6.20. The second-order valence-corrected chi connectivity index (χ2v) is 30.3. The number of aromatic nitrogens is 3. The van der Waals surface area contributed by atoms with E-state index in [1.807, 2.05) is 208 Å². The van der Waals surface area contributed by atoms with Crippen LogP contribution in [-0.2, 0) is 57.8 Å². The van der Waals surface area contributed by atoms with E-state index in [2.05, 4.69) is 287 Å². The van der Waals surface area contributed by atoms with Gasteiger partial charge in [-0.05, 0) is 225 Å². The number of nitrogens with zero attached hydrogens (tertiary/aromatic N) is 3. The van der Waals surface area contributed by atoms with Crippen LogP contribution in [0, 0.1) is 0 Å². The standard InChI is InChI=1S/3C33H21N.15C2H6/c1-3-9-25-19(6-1)14-23-18-29-24(17-28(23)25)16-21-12-13-27-26-10-5-8-22-15-20-7-2-4-11-30(20)34(32(22)26)33(27)31(21)29;1-3-9-25-19(6-1)14-23-17-24-16-21-12-13-27-26-10-5-8-22-15-20-7-2-4-11-30(20)34(32(22)26)33(27)31(21)29(24)18-28(23)25;1-3-9-23-19(6-1)17-28-24(23)14-15-25-29(28)18-21-12-13-27-26-10-5-8-22-16-20-7-2-4-11-30(20)34(32(22)26)33(27)31(21)25;15*1-2/h2*1-13,17-18H,14-16H2;1-15H,16-18H2;15*1-2H3. The molecule has 3 heteroatoms. The Hall–Kier alpha value is -12.3. The van der Waals surface area contributed by atoms with E-state index in [0.717, 1.165) is 57.8 Å². The molecule has 3 aromatic heterocycles. The molecule has 132 heavy (non-hydrogen) atoms. The minimum Gasteiger partial charge on any atom is -0.308 e. The predicted molar refractivity (Wildman–Crippen MR) is 590 cm³/mol. The highest BCUT2D eigenvalue weighted by atomic mass is 15.0. The molecule has 0 unspecified atom stereocenters. The monoisotopic (exact) mass is 1740 g/mol. The van der Waals surface area contributed by atoms with Crippen molar-refractivity contribution in [1.82, 2.24) is 13.7 Å². The summed E-state index contributed by atoms with van der Waals surface area (Å²) in [7, 11) is 0. The summed E-state index contributed by atoms with van der Waals surface area (Å²) in [6.07, 6.45) is 9.26. The van der Waals surface area contributed by atoms with Crippen molar-refractivity contribution in [3.05, 3.63) is 373 Å². The average molecular weight is 1750 g/mol.